The van der Waals surface area contributed by atoms with Gasteiger partial charge in [-0.1, -0.05) is 18.2 Å². The Morgan fingerprint density at radius 1 is 1.19 bits per heavy atom. The number of nitrogens with two attached hydrogens (primary N) is 1. The molecule has 1 atom stereocenters. The molecule has 0 aliphatic heterocycles. The molecule has 1 aromatic carbocycles. The maximum absolute atomic E-state index is 6.27. The van der Waals surface area contributed by atoms with Gasteiger partial charge in [-0.25, -0.2) is 9.67 Å². The smallest absolute Gasteiger partial charge is 0.138 e. The average Bonchev–Trinajstić information content (AvgIpc) is 3.17. The fourth-order valence-corrected chi connectivity index (χ4v) is 2.28. The topological polar surface area (TPSA) is 74.6 Å². The Balaban J connectivity index is 1.77. The summed E-state index contributed by atoms with van der Waals surface area (Å²) in [5, 5.41) is 8.54. The standard InChI is InChI=1S/C15H18N6/c1-2-20-15(17-11-19-20)8-14(16)12-9-18-21(10-12)13-6-4-3-5-7-13/h3-7,9-11,14H,2,8,16H2,1H3. The largest absolute Gasteiger partial charge is 0.323 e. The molecule has 3 rings (SSSR count). The van der Waals surface area contributed by atoms with Crippen molar-refractivity contribution in [3.05, 3.63) is 60.4 Å². The van der Waals surface area contributed by atoms with E-state index in [0.29, 0.717) is 6.42 Å². The van der Waals surface area contributed by atoms with Crippen molar-refractivity contribution in [2.24, 2.45) is 5.73 Å². The lowest BCUT2D eigenvalue weighted by Crippen LogP contribution is -2.16. The second-order valence-corrected chi connectivity index (χ2v) is 4.86. The molecule has 6 nitrogen and oxygen atoms in total. The first-order valence-corrected chi connectivity index (χ1v) is 7.00. The van der Waals surface area contributed by atoms with Crippen LogP contribution in [-0.4, -0.2) is 24.5 Å². The third kappa shape index (κ3) is 2.85. The summed E-state index contributed by atoms with van der Waals surface area (Å²) in [4.78, 5) is 4.26. The molecule has 0 radical (unpaired) electrons. The Morgan fingerprint density at radius 2 is 2.00 bits per heavy atom. The van der Waals surface area contributed by atoms with Gasteiger partial charge in [0, 0.05) is 30.8 Å². The van der Waals surface area contributed by atoms with E-state index in [4.69, 9.17) is 5.73 Å². The minimum absolute atomic E-state index is 0.142. The molecule has 6 heteroatoms. The molecule has 0 aliphatic rings. The van der Waals surface area contributed by atoms with Gasteiger partial charge in [0.05, 0.1) is 11.9 Å². The number of nitrogens with zero attached hydrogens (tertiary/aromatic N) is 5. The number of rotatable bonds is 5. The molecule has 21 heavy (non-hydrogen) atoms. The van der Waals surface area contributed by atoms with Gasteiger partial charge in [0.15, 0.2) is 0 Å². The van der Waals surface area contributed by atoms with Crippen LogP contribution >= 0.6 is 0 Å². The number of hydrogen-bond acceptors (Lipinski definition) is 4. The molecule has 2 heterocycles. The Kier molecular flexibility index (Phi) is 3.79. The first-order valence-electron chi connectivity index (χ1n) is 7.00. The number of aromatic nitrogens is 5. The second kappa shape index (κ2) is 5.88. The fourth-order valence-electron chi connectivity index (χ4n) is 2.28. The summed E-state index contributed by atoms with van der Waals surface area (Å²) in [6, 6.07) is 9.83. The van der Waals surface area contributed by atoms with Gasteiger partial charge in [0.1, 0.15) is 12.2 Å². The van der Waals surface area contributed by atoms with Gasteiger partial charge in [-0.2, -0.15) is 10.2 Å². The van der Waals surface area contributed by atoms with Crippen molar-refractivity contribution in [2.45, 2.75) is 25.9 Å². The Hall–Kier alpha value is -2.47. The van der Waals surface area contributed by atoms with Crippen LogP contribution in [0.3, 0.4) is 0 Å². The molecule has 0 saturated heterocycles. The van der Waals surface area contributed by atoms with E-state index in [1.54, 1.807) is 6.33 Å². The molecular weight excluding hydrogens is 264 g/mol. The molecule has 3 aromatic rings. The Bertz CT molecular complexity index is 700. The zero-order valence-corrected chi connectivity index (χ0v) is 11.9. The first-order chi connectivity index (χ1) is 10.3. The third-order valence-electron chi connectivity index (χ3n) is 3.45. The van der Waals surface area contributed by atoms with Crippen LogP contribution in [0.15, 0.2) is 49.1 Å². The number of benzene rings is 1. The first kappa shape index (κ1) is 13.5. The SMILES string of the molecule is CCn1ncnc1CC(N)c1cnn(-c2ccccc2)c1. The summed E-state index contributed by atoms with van der Waals surface area (Å²) in [5.74, 6) is 0.900. The van der Waals surface area contributed by atoms with E-state index in [0.717, 1.165) is 23.6 Å². The monoisotopic (exact) mass is 282 g/mol. The fraction of sp³-hybridized carbons (Fsp3) is 0.267. The number of aryl methyl sites for hydroxylation is 1. The van der Waals surface area contributed by atoms with E-state index < -0.39 is 0 Å². The average molecular weight is 282 g/mol. The predicted octanol–water partition coefficient (Wildman–Crippen LogP) is 1.73. The lowest BCUT2D eigenvalue weighted by atomic mass is 10.1. The summed E-state index contributed by atoms with van der Waals surface area (Å²) in [6.07, 6.45) is 5.99. The van der Waals surface area contributed by atoms with Crippen LogP contribution in [0.4, 0.5) is 0 Å². The highest BCUT2D eigenvalue weighted by atomic mass is 15.3. The van der Waals surface area contributed by atoms with Gasteiger partial charge < -0.3 is 5.73 Å². The van der Waals surface area contributed by atoms with Gasteiger partial charge in [0.2, 0.25) is 0 Å². The van der Waals surface area contributed by atoms with Crippen molar-refractivity contribution in [1.82, 2.24) is 24.5 Å². The van der Waals surface area contributed by atoms with Crippen LogP contribution in [0.5, 0.6) is 0 Å². The van der Waals surface area contributed by atoms with Crippen molar-refractivity contribution < 1.29 is 0 Å². The van der Waals surface area contributed by atoms with Crippen molar-refractivity contribution in [3.8, 4) is 5.69 Å². The minimum Gasteiger partial charge on any atom is -0.323 e. The highest BCUT2D eigenvalue weighted by Gasteiger charge is 2.13. The quantitative estimate of drug-likeness (QED) is 0.773. The summed E-state index contributed by atoms with van der Waals surface area (Å²) in [5.41, 5.74) is 8.28. The summed E-state index contributed by atoms with van der Waals surface area (Å²) in [6.45, 7) is 2.84. The van der Waals surface area contributed by atoms with E-state index in [1.807, 2.05) is 59.0 Å². The van der Waals surface area contributed by atoms with Gasteiger partial charge in [-0.05, 0) is 19.1 Å². The molecule has 2 N–H and O–H groups in total. The maximum atomic E-state index is 6.27. The molecule has 0 bridgehead atoms. The maximum Gasteiger partial charge on any atom is 0.138 e. The van der Waals surface area contributed by atoms with Crippen LogP contribution in [0.1, 0.15) is 24.4 Å². The van der Waals surface area contributed by atoms with Gasteiger partial charge in [0.25, 0.3) is 0 Å². The van der Waals surface area contributed by atoms with Gasteiger partial charge in [-0.3, -0.25) is 4.68 Å². The van der Waals surface area contributed by atoms with Crippen LogP contribution in [-0.2, 0) is 13.0 Å². The molecule has 108 valence electrons. The summed E-state index contributed by atoms with van der Waals surface area (Å²) < 4.78 is 3.70. The van der Waals surface area contributed by atoms with Crippen molar-refractivity contribution in [1.29, 1.82) is 0 Å². The van der Waals surface area contributed by atoms with Crippen LogP contribution in [0.25, 0.3) is 5.69 Å². The second-order valence-electron chi connectivity index (χ2n) is 4.86. The molecule has 0 amide bonds. The normalized spacial score (nSPS) is 12.5. The highest BCUT2D eigenvalue weighted by Crippen LogP contribution is 2.16. The van der Waals surface area contributed by atoms with E-state index >= 15 is 0 Å². The lowest BCUT2D eigenvalue weighted by molar-refractivity contribution is 0.581. The van der Waals surface area contributed by atoms with E-state index in [-0.39, 0.29) is 6.04 Å². The van der Waals surface area contributed by atoms with Crippen molar-refractivity contribution >= 4 is 0 Å². The molecule has 2 aromatic heterocycles. The summed E-state index contributed by atoms with van der Waals surface area (Å²) in [7, 11) is 0. The van der Waals surface area contributed by atoms with Gasteiger partial charge in [-0.15, -0.1) is 0 Å². The number of para-hydroxylation sites is 1. The molecule has 0 saturated carbocycles. The van der Waals surface area contributed by atoms with Crippen LogP contribution in [0.2, 0.25) is 0 Å². The summed E-state index contributed by atoms with van der Waals surface area (Å²) >= 11 is 0. The lowest BCUT2D eigenvalue weighted by Gasteiger charge is -2.09. The van der Waals surface area contributed by atoms with E-state index in [2.05, 4.69) is 15.2 Å². The molecule has 1 unspecified atom stereocenters. The van der Waals surface area contributed by atoms with Crippen molar-refractivity contribution in [3.63, 3.8) is 0 Å². The molecule has 0 fully saturated rings. The van der Waals surface area contributed by atoms with Crippen LogP contribution < -0.4 is 5.73 Å². The number of hydrogen-bond donors (Lipinski definition) is 1. The third-order valence-corrected chi connectivity index (χ3v) is 3.45. The Labute approximate surface area is 123 Å². The Morgan fingerprint density at radius 3 is 2.76 bits per heavy atom. The van der Waals surface area contributed by atoms with E-state index in [1.165, 1.54) is 0 Å². The van der Waals surface area contributed by atoms with Crippen molar-refractivity contribution in [2.75, 3.05) is 0 Å². The molecular formula is C15H18N6. The van der Waals surface area contributed by atoms with E-state index in [9.17, 15) is 0 Å². The van der Waals surface area contributed by atoms with Crippen LogP contribution in [0, 0.1) is 0 Å². The highest BCUT2D eigenvalue weighted by molar-refractivity contribution is 5.31. The minimum atomic E-state index is -0.142. The molecule has 0 spiro atoms. The van der Waals surface area contributed by atoms with Gasteiger partial charge >= 0.3 is 0 Å². The predicted molar refractivity (Wildman–Crippen MR) is 79.9 cm³/mol. The zero-order valence-electron chi connectivity index (χ0n) is 11.9. The molecule has 0 aliphatic carbocycles. The zero-order chi connectivity index (χ0) is 14.7.